The summed E-state index contributed by atoms with van der Waals surface area (Å²) >= 11 is 0. The summed E-state index contributed by atoms with van der Waals surface area (Å²) in [5.41, 5.74) is 2.99. The minimum absolute atomic E-state index is 0.205. The van der Waals surface area contributed by atoms with Crippen molar-refractivity contribution in [1.29, 1.82) is 0 Å². The molecule has 0 spiro atoms. The molecule has 1 amide bonds. The second-order valence-corrected chi connectivity index (χ2v) is 5.77. The number of amides is 1. The SMILES string of the molecule is C=C1CCC(n2c(=O)oc3cc(C(C)C)ccc32)C(=O)N1. The van der Waals surface area contributed by atoms with Crippen molar-refractivity contribution in [1.82, 2.24) is 9.88 Å². The summed E-state index contributed by atoms with van der Waals surface area (Å²) in [7, 11) is 0. The van der Waals surface area contributed by atoms with Gasteiger partial charge >= 0.3 is 5.76 Å². The fourth-order valence-corrected chi connectivity index (χ4v) is 2.72. The Morgan fingerprint density at radius 2 is 2.14 bits per heavy atom. The number of nitrogens with zero attached hydrogens (tertiary/aromatic N) is 1. The second-order valence-electron chi connectivity index (χ2n) is 5.77. The number of oxazole rings is 1. The molecule has 1 aromatic heterocycles. The molecule has 0 aliphatic carbocycles. The van der Waals surface area contributed by atoms with Gasteiger partial charge in [-0.2, -0.15) is 0 Å². The molecular formula is C16H18N2O3. The molecule has 2 aromatic rings. The second kappa shape index (κ2) is 4.91. The van der Waals surface area contributed by atoms with E-state index in [1.807, 2.05) is 18.2 Å². The average molecular weight is 286 g/mol. The Balaban J connectivity index is 2.11. The van der Waals surface area contributed by atoms with Crippen molar-refractivity contribution >= 4 is 17.0 Å². The molecule has 1 aliphatic heterocycles. The maximum atomic E-state index is 12.1. The Morgan fingerprint density at radius 3 is 2.81 bits per heavy atom. The molecule has 1 saturated heterocycles. The molecule has 1 fully saturated rings. The number of hydrogen-bond acceptors (Lipinski definition) is 3. The van der Waals surface area contributed by atoms with Crippen LogP contribution in [0.5, 0.6) is 0 Å². The van der Waals surface area contributed by atoms with Crippen LogP contribution in [-0.2, 0) is 4.79 Å². The van der Waals surface area contributed by atoms with Crippen LogP contribution in [0.15, 0.2) is 39.7 Å². The lowest BCUT2D eigenvalue weighted by molar-refractivity contribution is -0.124. The smallest absolute Gasteiger partial charge is 0.408 e. The van der Waals surface area contributed by atoms with Crippen molar-refractivity contribution in [2.45, 2.75) is 38.6 Å². The zero-order valence-corrected chi connectivity index (χ0v) is 12.2. The number of allylic oxidation sites excluding steroid dienone is 1. The first-order valence-electron chi connectivity index (χ1n) is 7.11. The molecule has 1 unspecified atom stereocenters. The molecular weight excluding hydrogens is 268 g/mol. The Kier molecular flexibility index (Phi) is 3.20. The summed E-state index contributed by atoms with van der Waals surface area (Å²) in [5.74, 6) is -0.341. The number of piperidine rings is 1. The fraction of sp³-hybridized carbons (Fsp3) is 0.375. The number of rotatable bonds is 2. The van der Waals surface area contributed by atoms with Gasteiger partial charge in [-0.05, 0) is 36.5 Å². The largest absolute Gasteiger partial charge is 0.420 e. The third kappa shape index (κ3) is 2.28. The maximum absolute atomic E-state index is 12.1. The van der Waals surface area contributed by atoms with Crippen LogP contribution in [0, 0.1) is 0 Å². The third-order valence-corrected chi connectivity index (χ3v) is 3.94. The van der Waals surface area contributed by atoms with Gasteiger partial charge in [0.15, 0.2) is 5.58 Å². The van der Waals surface area contributed by atoms with Crippen LogP contribution < -0.4 is 11.1 Å². The van der Waals surface area contributed by atoms with E-state index in [2.05, 4.69) is 25.7 Å². The van der Waals surface area contributed by atoms with Gasteiger partial charge in [0.05, 0.1) is 5.52 Å². The third-order valence-electron chi connectivity index (χ3n) is 3.94. The van der Waals surface area contributed by atoms with Gasteiger partial charge in [-0.3, -0.25) is 9.36 Å². The van der Waals surface area contributed by atoms with Gasteiger partial charge in [0.1, 0.15) is 6.04 Å². The van der Waals surface area contributed by atoms with Crippen LogP contribution >= 0.6 is 0 Å². The lowest BCUT2D eigenvalue weighted by Gasteiger charge is -2.23. The van der Waals surface area contributed by atoms with Gasteiger partial charge in [0, 0.05) is 5.70 Å². The van der Waals surface area contributed by atoms with Crippen LogP contribution in [0.4, 0.5) is 0 Å². The Hall–Kier alpha value is -2.30. The van der Waals surface area contributed by atoms with Gasteiger partial charge in [0.2, 0.25) is 5.91 Å². The maximum Gasteiger partial charge on any atom is 0.420 e. The number of fused-ring (bicyclic) bond motifs is 1. The number of aromatic nitrogens is 1. The first-order chi connectivity index (χ1) is 9.97. The molecule has 110 valence electrons. The Labute approximate surface area is 122 Å². The number of carbonyl (C=O) groups excluding carboxylic acids is 1. The molecule has 5 nitrogen and oxygen atoms in total. The van der Waals surface area contributed by atoms with Crippen molar-refractivity contribution in [2.24, 2.45) is 0 Å². The van der Waals surface area contributed by atoms with E-state index >= 15 is 0 Å². The number of carbonyl (C=O) groups is 1. The summed E-state index contributed by atoms with van der Waals surface area (Å²) in [6, 6.07) is 5.16. The zero-order valence-electron chi connectivity index (χ0n) is 12.2. The highest BCUT2D eigenvalue weighted by Crippen LogP contribution is 2.27. The highest BCUT2D eigenvalue weighted by Gasteiger charge is 2.29. The highest BCUT2D eigenvalue weighted by atomic mass is 16.4. The van der Waals surface area contributed by atoms with Crippen LogP contribution in [0.1, 0.15) is 44.2 Å². The fourth-order valence-electron chi connectivity index (χ4n) is 2.72. The molecule has 5 heteroatoms. The van der Waals surface area contributed by atoms with Crippen molar-refractivity contribution in [3.63, 3.8) is 0 Å². The van der Waals surface area contributed by atoms with Gasteiger partial charge in [-0.1, -0.05) is 26.5 Å². The summed E-state index contributed by atoms with van der Waals surface area (Å²) in [6.45, 7) is 7.91. The van der Waals surface area contributed by atoms with Gasteiger partial charge < -0.3 is 9.73 Å². The molecule has 3 rings (SSSR count). The monoisotopic (exact) mass is 286 g/mol. The van der Waals surface area contributed by atoms with E-state index in [1.54, 1.807) is 0 Å². The minimum atomic E-state index is -0.533. The Bertz CT molecular complexity index is 782. The molecule has 0 saturated carbocycles. The predicted octanol–water partition coefficient (Wildman–Crippen LogP) is 2.68. The average Bonchev–Trinajstić information content (AvgIpc) is 2.74. The molecule has 1 N–H and O–H groups in total. The minimum Gasteiger partial charge on any atom is -0.408 e. The van der Waals surface area contributed by atoms with Gasteiger partial charge in [0.25, 0.3) is 0 Å². The summed E-state index contributed by atoms with van der Waals surface area (Å²) < 4.78 is 6.77. The molecule has 21 heavy (non-hydrogen) atoms. The van der Waals surface area contributed by atoms with E-state index in [0.717, 1.165) is 5.56 Å². The highest BCUT2D eigenvalue weighted by molar-refractivity contribution is 5.85. The molecule has 0 bridgehead atoms. The molecule has 1 atom stereocenters. The first kappa shape index (κ1) is 13.7. The van der Waals surface area contributed by atoms with Gasteiger partial charge in [-0.25, -0.2) is 4.79 Å². The van der Waals surface area contributed by atoms with Crippen LogP contribution in [0.25, 0.3) is 11.1 Å². The first-order valence-corrected chi connectivity index (χ1v) is 7.11. The van der Waals surface area contributed by atoms with Crippen LogP contribution in [0.3, 0.4) is 0 Å². The summed E-state index contributed by atoms with van der Waals surface area (Å²) in [4.78, 5) is 24.2. The lowest BCUT2D eigenvalue weighted by Crippen LogP contribution is -2.39. The van der Waals surface area contributed by atoms with E-state index in [1.165, 1.54) is 4.57 Å². The Morgan fingerprint density at radius 1 is 1.38 bits per heavy atom. The number of hydrogen-bond donors (Lipinski definition) is 1. The molecule has 1 aliphatic rings. The van der Waals surface area contributed by atoms with E-state index in [9.17, 15) is 9.59 Å². The summed E-state index contributed by atoms with van der Waals surface area (Å²) in [6.07, 6.45) is 1.23. The topological polar surface area (TPSA) is 64.2 Å². The van der Waals surface area contributed by atoms with Crippen molar-refractivity contribution < 1.29 is 9.21 Å². The lowest BCUT2D eigenvalue weighted by atomic mass is 10.0. The van der Waals surface area contributed by atoms with E-state index < -0.39 is 11.8 Å². The normalized spacial score (nSPS) is 19.3. The van der Waals surface area contributed by atoms with Crippen molar-refractivity contribution in [3.8, 4) is 0 Å². The number of benzene rings is 1. The number of nitrogens with one attached hydrogen (secondary N) is 1. The summed E-state index contributed by atoms with van der Waals surface area (Å²) in [5, 5.41) is 2.70. The van der Waals surface area contributed by atoms with E-state index in [-0.39, 0.29) is 5.91 Å². The predicted molar refractivity (Wildman–Crippen MR) is 80.1 cm³/mol. The van der Waals surface area contributed by atoms with E-state index in [4.69, 9.17) is 4.42 Å². The molecule has 1 aromatic carbocycles. The standard InChI is InChI=1S/C16H18N2O3/c1-9(2)11-5-7-12-14(8-11)21-16(20)18(12)13-6-4-10(3)17-15(13)19/h5,7-9,13H,3-4,6H2,1-2H3,(H,17,19). The molecule has 0 radical (unpaired) electrons. The van der Waals surface area contributed by atoms with E-state index in [0.29, 0.717) is 35.6 Å². The zero-order chi connectivity index (χ0) is 15.1. The quantitative estimate of drug-likeness (QED) is 0.923. The van der Waals surface area contributed by atoms with Gasteiger partial charge in [-0.15, -0.1) is 0 Å². The molecule has 2 heterocycles. The van der Waals surface area contributed by atoms with Crippen molar-refractivity contribution in [2.75, 3.05) is 0 Å². The van der Waals surface area contributed by atoms with Crippen LogP contribution in [-0.4, -0.2) is 10.5 Å². The van der Waals surface area contributed by atoms with Crippen LogP contribution in [0.2, 0.25) is 0 Å². The van der Waals surface area contributed by atoms with Crippen molar-refractivity contribution in [3.05, 3.63) is 46.6 Å².